The van der Waals surface area contributed by atoms with Crippen LogP contribution < -0.4 is 10.9 Å². The van der Waals surface area contributed by atoms with E-state index in [1.807, 2.05) is 54.6 Å². The monoisotopic (exact) mass is 373 g/mol. The first kappa shape index (κ1) is 17.7. The van der Waals surface area contributed by atoms with Crippen molar-refractivity contribution in [2.24, 2.45) is 7.05 Å². The van der Waals surface area contributed by atoms with Crippen molar-refractivity contribution in [3.63, 3.8) is 0 Å². The molecule has 7 heteroatoms. The first-order chi connectivity index (χ1) is 13.6. The van der Waals surface area contributed by atoms with E-state index >= 15 is 0 Å². The molecule has 2 aromatic heterocycles. The predicted molar refractivity (Wildman–Crippen MR) is 108 cm³/mol. The van der Waals surface area contributed by atoms with Crippen molar-refractivity contribution in [2.45, 2.75) is 13.0 Å². The van der Waals surface area contributed by atoms with Crippen LogP contribution in [0, 0.1) is 0 Å². The lowest BCUT2D eigenvalue weighted by atomic mass is 10.0. The summed E-state index contributed by atoms with van der Waals surface area (Å²) in [6, 6.07) is 17.5. The van der Waals surface area contributed by atoms with E-state index in [1.165, 1.54) is 17.1 Å². The standard InChI is InChI=1S/C21H19N5O2/c1-25-20-17(13-23-25)21(28)26(14-22-20)12-11-19(27)24-18-10-6-5-9-16(18)15-7-3-2-4-8-15/h2-10,13-14H,11-12H2,1H3,(H,24,27). The van der Waals surface area contributed by atoms with Gasteiger partial charge in [-0.25, -0.2) is 4.98 Å². The van der Waals surface area contributed by atoms with Crippen LogP contribution >= 0.6 is 0 Å². The molecule has 1 amide bonds. The van der Waals surface area contributed by atoms with Crippen LogP contribution in [-0.4, -0.2) is 25.2 Å². The van der Waals surface area contributed by atoms with Crippen LogP contribution in [0.15, 0.2) is 71.9 Å². The average Bonchev–Trinajstić information content (AvgIpc) is 3.10. The Labute approximate surface area is 161 Å². The quantitative estimate of drug-likeness (QED) is 0.583. The molecule has 4 rings (SSSR count). The third kappa shape index (κ3) is 3.42. The van der Waals surface area contributed by atoms with Gasteiger partial charge in [-0.2, -0.15) is 5.10 Å². The van der Waals surface area contributed by atoms with E-state index in [2.05, 4.69) is 15.4 Å². The van der Waals surface area contributed by atoms with Gasteiger partial charge in [-0.15, -0.1) is 0 Å². The van der Waals surface area contributed by atoms with Gasteiger partial charge in [-0.1, -0.05) is 48.5 Å². The number of fused-ring (bicyclic) bond motifs is 1. The zero-order valence-corrected chi connectivity index (χ0v) is 15.4. The second-order valence-electron chi connectivity index (χ2n) is 6.46. The number of aromatic nitrogens is 4. The summed E-state index contributed by atoms with van der Waals surface area (Å²) < 4.78 is 2.99. The van der Waals surface area contributed by atoms with Gasteiger partial charge < -0.3 is 5.32 Å². The molecular formula is C21H19N5O2. The molecule has 0 radical (unpaired) electrons. The van der Waals surface area contributed by atoms with Gasteiger partial charge in [0.1, 0.15) is 5.39 Å². The number of benzene rings is 2. The number of aryl methyl sites for hydroxylation is 2. The second kappa shape index (κ2) is 7.48. The lowest BCUT2D eigenvalue weighted by Gasteiger charge is -2.12. The van der Waals surface area contributed by atoms with E-state index in [-0.39, 0.29) is 24.4 Å². The summed E-state index contributed by atoms with van der Waals surface area (Å²) in [7, 11) is 1.73. The van der Waals surface area contributed by atoms with Crippen LogP contribution in [0.1, 0.15) is 6.42 Å². The minimum absolute atomic E-state index is 0.163. The Morgan fingerprint density at radius 3 is 2.64 bits per heavy atom. The van der Waals surface area contributed by atoms with Crippen LogP contribution in [0.5, 0.6) is 0 Å². The van der Waals surface area contributed by atoms with Crippen molar-refractivity contribution >= 4 is 22.6 Å². The van der Waals surface area contributed by atoms with Gasteiger partial charge in [-0.3, -0.25) is 18.8 Å². The molecule has 0 aliphatic heterocycles. The normalized spacial score (nSPS) is 10.9. The van der Waals surface area contributed by atoms with Crippen LogP contribution in [-0.2, 0) is 18.4 Å². The van der Waals surface area contributed by atoms with Crippen molar-refractivity contribution in [1.82, 2.24) is 19.3 Å². The number of hydrogen-bond donors (Lipinski definition) is 1. The summed E-state index contributed by atoms with van der Waals surface area (Å²) in [5, 5.41) is 7.44. The smallest absolute Gasteiger partial charge is 0.264 e. The van der Waals surface area contributed by atoms with Gasteiger partial charge in [0.15, 0.2) is 5.65 Å². The first-order valence-electron chi connectivity index (χ1n) is 8.95. The fraction of sp³-hybridized carbons (Fsp3) is 0.143. The van der Waals surface area contributed by atoms with Gasteiger partial charge in [0.25, 0.3) is 5.56 Å². The van der Waals surface area contributed by atoms with Crippen LogP contribution in [0.2, 0.25) is 0 Å². The van der Waals surface area contributed by atoms with Gasteiger partial charge in [0, 0.05) is 31.3 Å². The fourth-order valence-corrected chi connectivity index (χ4v) is 3.12. The molecule has 7 nitrogen and oxygen atoms in total. The zero-order chi connectivity index (χ0) is 19.5. The zero-order valence-electron chi connectivity index (χ0n) is 15.4. The van der Waals surface area contributed by atoms with Gasteiger partial charge >= 0.3 is 0 Å². The minimum atomic E-state index is -0.199. The number of carbonyl (C=O) groups is 1. The largest absolute Gasteiger partial charge is 0.325 e. The number of nitrogens with zero attached hydrogens (tertiary/aromatic N) is 4. The molecule has 0 fully saturated rings. The van der Waals surface area contributed by atoms with Crippen LogP contribution in [0.25, 0.3) is 22.2 Å². The molecule has 140 valence electrons. The minimum Gasteiger partial charge on any atom is -0.325 e. The topological polar surface area (TPSA) is 81.8 Å². The molecule has 0 saturated carbocycles. The number of hydrogen-bond acceptors (Lipinski definition) is 4. The third-order valence-electron chi connectivity index (χ3n) is 4.58. The molecule has 0 aliphatic rings. The van der Waals surface area contributed by atoms with E-state index in [1.54, 1.807) is 11.7 Å². The summed E-state index contributed by atoms with van der Waals surface area (Å²) >= 11 is 0. The van der Waals surface area contributed by atoms with E-state index in [9.17, 15) is 9.59 Å². The summed E-state index contributed by atoms with van der Waals surface area (Å²) in [6.45, 7) is 0.246. The fourth-order valence-electron chi connectivity index (χ4n) is 3.12. The molecule has 0 unspecified atom stereocenters. The Balaban J connectivity index is 1.49. The van der Waals surface area contributed by atoms with E-state index in [0.717, 1.165) is 16.8 Å². The number of nitrogens with one attached hydrogen (secondary N) is 1. The molecule has 2 heterocycles. The van der Waals surface area contributed by atoms with Crippen molar-refractivity contribution in [1.29, 1.82) is 0 Å². The molecular weight excluding hydrogens is 354 g/mol. The maximum atomic E-state index is 12.5. The maximum Gasteiger partial charge on any atom is 0.264 e. The number of amides is 1. The molecule has 0 atom stereocenters. The summed E-state index contributed by atoms with van der Waals surface area (Å²) in [5.41, 5.74) is 3.05. The third-order valence-corrected chi connectivity index (χ3v) is 4.58. The number of anilines is 1. The molecule has 28 heavy (non-hydrogen) atoms. The van der Waals surface area contributed by atoms with Crippen molar-refractivity contribution in [2.75, 3.05) is 5.32 Å². The Morgan fingerprint density at radius 2 is 1.82 bits per heavy atom. The van der Waals surface area contributed by atoms with Gasteiger partial charge in [0.2, 0.25) is 5.91 Å². The van der Waals surface area contributed by atoms with Crippen LogP contribution in [0.4, 0.5) is 5.69 Å². The molecule has 1 N–H and O–H groups in total. The Kier molecular flexibility index (Phi) is 4.72. The predicted octanol–water partition coefficient (Wildman–Crippen LogP) is 2.83. The van der Waals surface area contributed by atoms with E-state index in [4.69, 9.17) is 0 Å². The Morgan fingerprint density at radius 1 is 1.07 bits per heavy atom. The first-order valence-corrected chi connectivity index (χ1v) is 8.95. The molecule has 0 saturated heterocycles. The highest BCUT2D eigenvalue weighted by Gasteiger charge is 2.11. The Hall–Kier alpha value is -3.74. The molecule has 2 aromatic carbocycles. The average molecular weight is 373 g/mol. The Bertz CT molecular complexity index is 1190. The van der Waals surface area contributed by atoms with Crippen molar-refractivity contribution < 1.29 is 4.79 Å². The highest BCUT2D eigenvalue weighted by molar-refractivity contribution is 5.95. The maximum absolute atomic E-state index is 12.5. The highest BCUT2D eigenvalue weighted by Crippen LogP contribution is 2.27. The van der Waals surface area contributed by atoms with Gasteiger partial charge in [0.05, 0.1) is 12.5 Å². The molecule has 0 aliphatic carbocycles. The lowest BCUT2D eigenvalue weighted by Crippen LogP contribution is -2.23. The van der Waals surface area contributed by atoms with E-state index < -0.39 is 0 Å². The van der Waals surface area contributed by atoms with E-state index in [0.29, 0.717) is 11.0 Å². The van der Waals surface area contributed by atoms with Crippen molar-refractivity contribution in [3.8, 4) is 11.1 Å². The van der Waals surface area contributed by atoms with Gasteiger partial charge in [-0.05, 0) is 11.6 Å². The lowest BCUT2D eigenvalue weighted by molar-refractivity contribution is -0.116. The number of para-hydroxylation sites is 1. The van der Waals surface area contributed by atoms with Crippen LogP contribution in [0.3, 0.4) is 0 Å². The summed E-state index contributed by atoms with van der Waals surface area (Å²) in [4.78, 5) is 29.2. The highest BCUT2D eigenvalue weighted by atomic mass is 16.2. The second-order valence-corrected chi connectivity index (χ2v) is 6.46. The van der Waals surface area contributed by atoms with Crippen molar-refractivity contribution in [3.05, 3.63) is 77.5 Å². The summed E-state index contributed by atoms with van der Waals surface area (Å²) in [5.74, 6) is -0.165. The molecule has 0 spiro atoms. The number of rotatable bonds is 5. The SMILES string of the molecule is Cn1ncc2c(=O)n(CCC(=O)Nc3ccccc3-c3ccccc3)cnc21. The number of carbonyl (C=O) groups excluding carboxylic acids is 1. The molecule has 0 bridgehead atoms. The summed E-state index contributed by atoms with van der Waals surface area (Å²) in [6.07, 6.45) is 3.12. The molecule has 4 aromatic rings.